The number of nitrogens with zero attached hydrogens (tertiary/aromatic N) is 1. The smallest absolute Gasteiger partial charge is 0.329 e. The van der Waals surface area contributed by atoms with E-state index in [0.717, 1.165) is 19.0 Å². The van der Waals surface area contributed by atoms with Gasteiger partial charge in [0, 0.05) is 19.1 Å². The maximum absolute atomic E-state index is 13.2. The summed E-state index contributed by atoms with van der Waals surface area (Å²) in [5.74, 6) is 0.428. The third-order valence-electron chi connectivity index (χ3n) is 3.94. The van der Waals surface area contributed by atoms with Crippen LogP contribution >= 0.6 is 0 Å². The van der Waals surface area contributed by atoms with Gasteiger partial charge in [0.15, 0.2) is 0 Å². The molecular formula is C16H25F3N2. The number of alkyl halides is 3. The van der Waals surface area contributed by atoms with Gasteiger partial charge in [0.2, 0.25) is 0 Å². The number of halogens is 3. The first kappa shape index (κ1) is 18.0. The summed E-state index contributed by atoms with van der Waals surface area (Å²) in [4.78, 5) is 2.04. The number of benzene rings is 1. The Morgan fingerprint density at radius 3 is 2.29 bits per heavy atom. The first-order chi connectivity index (χ1) is 9.85. The van der Waals surface area contributed by atoms with Gasteiger partial charge in [0.1, 0.15) is 0 Å². The van der Waals surface area contributed by atoms with Crippen molar-refractivity contribution in [1.82, 2.24) is 4.90 Å². The number of nitrogens with two attached hydrogens (primary N) is 1. The van der Waals surface area contributed by atoms with Crippen LogP contribution < -0.4 is 5.73 Å². The summed E-state index contributed by atoms with van der Waals surface area (Å²) in [7, 11) is 0. The van der Waals surface area contributed by atoms with Crippen LogP contribution in [0, 0.1) is 5.92 Å². The highest BCUT2D eigenvalue weighted by atomic mass is 19.4. The van der Waals surface area contributed by atoms with Crippen molar-refractivity contribution in [3.8, 4) is 0 Å². The fraction of sp³-hybridized carbons (Fsp3) is 0.625. The zero-order valence-electron chi connectivity index (χ0n) is 13.0. The first-order valence-corrected chi connectivity index (χ1v) is 7.45. The zero-order chi connectivity index (χ0) is 16.0. The molecule has 2 atom stereocenters. The predicted molar refractivity (Wildman–Crippen MR) is 79.9 cm³/mol. The van der Waals surface area contributed by atoms with E-state index in [2.05, 4.69) is 13.8 Å². The van der Waals surface area contributed by atoms with E-state index in [1.807, 2.05) is 11.8 Å². The Bertz CT molecular complexity index is 432. The van der Waals surface area contributed by atoms with Crippen molar-refractivity contribution in [3.63, 3.8) is 0 Å². The van der Waals surface area contributed by atoms with Crippen LogP contribution in [0.3, 0.4) is 0 Å². The number of hydrogen-bond donors (Lipinski definition) is 1. The second-order valence-electron chi connectivity index (χ2n) is 5.44. The highest BCUT2D eigenvalue weighted by Gasteiger charge is 2.35. The van der Waals surface area contributed by atoms with Crippen LogP contribution in [0.1, 0.15) is 44.4 Å². The topological polar surface area (TPSA) is 29.3 Å². The van der Waals surface area contributed by atoms with Crippen molar-refractivity contribution >= 4 is 0 Å². The minimum atomic E-state index is -4.35. The van der Waals surface area contributed by atoms with Gasteiger partial charge in [-0.25, -0.2) is 0 Å². The molecule has 0 aromatic heterocycles. The molecule has 2 unspecified atom stereocenters. The Morgan fingerprint density at radius 1 is 1.19 bits per heavy atom. The fourth-order valence-corrected chi connectivity index (χ4v) is 2.52. The van der Waals surface area contributed by atoms with Crippen molar-refractivity contribution in [2.24, 2.45) is 11.7 Å². The number of likely N-dealkylation sites (N-methyl/N-ethyl adjacent to an activating group) is 1. The maximum Gasteiger partial charge on any atom is 0.416 e. The summed E-state index contributed by atoms with van der Waals surface area (Å²) < 4.78 is 39.5. The number of hydrogen-bond acceptors (Lipinski definition) is 2. The minimum Gasteiger partial charge on any atom is -0.329 e. The van der Waals surface area contributed by atoms with Gasteiger partial charge < -0.3 is 5.73 Å². The van der Waals surface area contributed by atoms with Gasteiger partial charge in [-0.2, -0.15) is 13.2 Å². The molecule has 0 saturated heterocycles. The minimum absolute atomic E-state index is 0.178. The van der Waals surface area contributed by atoms with E-state index in [0.29, 0.717) is 12.5 Å². The van der Waals surface area contributed by atoms with Crippen LogP contribution in [-0.2, 0) is 6.18 Å². The lowest BCUT2D eigenvalue weighted by atomic mass is 9.97. The quantitative estimate of drug-likeness (QED) is 0.822. The van der Waals surface area contributed by atoms with E-state index in [9.17, 15) is 13.2 Å². The van der Waals surface area contributed by atoms with Crippen molar-refractivity contribution in [3.05, 3.63) is 35.4 Å². The molecule has 1 rings (SSSR count). The van der Waals surface area contributed by atoms with Gasteiger partial charge in [-0.05, 0) is 24.1 Å². The molecule has 0 fully saturated rings. The molecule has 0 aliphatic carbocycles. The summed E-state index contributed by atoms with van der Waals surface area (Å²) in [5, 5.41) is 0. The zero-order valence-corrected chi connectivity index (χ0v) is 13.0. The third kappa shape index (κ3) is 4.71. The molecule has 1 aromatic rings. The molecule has 0 aliphatic rings. The van der Waals surface area contributed by atoms with Crippen molar-refractivity contribution in [2.75, 3.05) is 19.6 Å². The van der Waals surface area contributed by atoms with Gasteiger partial charge in [0.25, 0.3) is 0 Å². The van der Waals surface area contributed by atoms with Crippen LogP contribution in [0.2, 0.25) is 0 Å². The molecule has 0 heterocycles. The van der Waals surface area contributed by atoms with Crippen LogP contribution in [0.5, 0.6) is 0 Å². The molecule has 120 valence electrons. The van der Waals surface area contributed by atoms with Crippen LogP contribution in [0.4, 0.5) is 13.2 Å². The molecule has 0 bridgehead atoms. The van der Waals surface area contributed by atoms with Crippen molar-refractivity contribution in [1.29, 1.82) is 0 Å². The molecule has 0 spiro atoms. The average Bonchev–Trinajstić information content (AvgIpc) is 2.46. The summed E-state index contributed by atoms with van der Waals surface area (Å²) in [6.07, 6.45) is -3.35. The fourth-order valence-electron chi connectivity index (χ4n) is 2.52. The van der Waals surface area contributed by atoms with Crippen LogP contribution in [0.25, 0.3) is 0 Å². The number of rotatable bonds is 7. The van der Waals surface area contributed by atoms with Gasteiger partial charge in [-0.15, -0.1) is 0 Å². The molecule has 5 heteroatoms. The maximum atomic E-state index is 13.2. The van der Waals surface area contributed by atoms with Crippen LogP contribution in [0.15, 0.2) is 24.3 Å². The van der Waals surface area contributed by atoms with Gasteiger partial charge >= 0.3 is 6.18 Å². The largest absolute Gasteiger partial charge is 0.416 e. The normalized spacial score (nSPS) is 15.2. The summed E-state index contributed by atoms with van der Waals surface area (Å²) in [6, 6.07) is 5.34. The first-order valence-electron chi connectivity index (χ1n) is 7.45. The molecule has 2 N–H and O–H groups in total. The van der Waals surface area contributed by atoms with E-state index in [1.165, 1.54) is 6.07 Å². The summed E-state index contributed by atoms with van der Waals surface area (Å²) in [6.45, 7) is 7.75. The van der Waals surface area contributed by atoms with Gasteiger partial charge in [-0.3, -0.25) is 4.90 Å². The molecular weight excluding hydrogens is 277 g/mol. The van der Waals surface area contributed by atoms with E-state index in [1.54, 1.807) is 12.1 Å². The molecule has 2 nitrogen and oxygen atoms in total. The van der Waals surface area contributed by atoms with Gasteiger partial charge in [-0.1, -0.05) is 45.4 Å². The van der Waals surface area contributed by atoms with E-state index >= 15 is 0 Å². The Balaban J connectivity index is 3.14. The third-order valence-corrected chi connectivity index (χ3v) is 3.94. The highest BCUT2D eigenvalue weighted by Crippen LogP contribution is 2.36. The Morgan fingerprint density at radius 2 is 1.81 bits per heavy atom. The van der Waals surface area contributed by atoms with Crippen LogP contribution in [-0.4, -0.2) is 24.5 Å². The average molecular weight is 302 g/mol. The Kier molecular flexibility index (Phi) is 6.68. The molecule has 0 saturated carbocycles. The molecule has 0 amide bonds. The van der Waals surface area contributed by atoms with Gasteiger partial charge in [0.05, 0.1) is 5.56 Å². The Hall–Kier alpha value is -1.07. The lowest BCUT2D eigenvalue weighted by Gasteiger charge is -2.33. The van der Waals surface area contributed by atoms with E-state index in [-0.39, 0.29) is 12.1 Å². The molecule has 0 radical (unpaired) electrons. The van der Waals surface area contributed by atoms with Crippen molar-refractivity contribution < 1.29 is 13.2 Å². The lowest BCUT2D eigenvalue weighted by Crippen LogP contribution is -2.37. The second kappa shape index (κ2) is 7.80. The standard InChI is InChI=1S/C16H25F3N2/c1-4-12(3)11-21(5-2)15(10-20)13-8-6-7-9-14(13)16(17,18)19/h6-9,12,15H,4-5,10-11,20H2,1-3H3. The van der Waals surface area contributed by atoms with E-state index in [4.69, 9.17) is 5.73 Å². The summed E-state index contributed by atoms with van der Waals surface area (Å²) >= 11 is 0. The second-order valence-corrected chi connectivity index (χ2v) is 5.44. The monoisotopic (exact) mass is 302 g/mol. The Labute approximate surface area is 125 Å². The predicted octanol–water partition coefficient (Wildman–Crippen LogP) is 4.07. The SMILES string of the molecule is CCC(C)CN(CC)C(CN)c1ccccc1C(F)(F)F. The molecule has 21 heavy (non-hydrogen) atoms. The highest BCUT2D eigenvalue weighted by molar-refractivity contribution is 5.32. The molecule has 1 aromatic carbocycles. The lowest BCUT2D eigenvalue weighted by molar-refractivity contribution is -0.138. The van der Waals surface area contributed by atoms with E-state index < -0.39 is 17.8 Å². The summed E-state index contributed by atoms with van der Waals surface area (Å²) in [5.41, 5.74) is 5.50. The molecule has 0 aliphatic heterocycles. The van der Waals surface area contributed by atoms with Crippen molar-refractivity contribution in [2.45, 2.75) is 39.4 Å².